The maximum absolute atomic E-state index is 12.8. The predicted molar refractivity (Wildman–Crippen MR) is 70.2 cm³/mol. The summed E-state index contributed by atoms with van der Waals surface area (Å²) in [6.45, 7) is 7.06. The van der Waals surface area contributed by atoms with Crippen LogP contribution in [0.1, 0.15) is 25.7 Å². The van der Waals surface area contributed by atoms with E-state index in [1.165, 1.54) is 6.08 Å². The Morgan fingerprint density at radius 1 is 1.04 bits per heavy atom. The van der Waals surface area contributed by atoms with Crippen molar-refractivity contribution in [2.24, 2.45) is 17.8 Å². The zero-order valence-corrected chi connectivity index (χ0v) is 12.3. The third kappa shape index (κ3) is 3.22. The molecule has 1 N–H and O–H groups in total. The highest BCUT2D eigenvalue weighted by molar-refractivity contribution is 5.07. The Bertz CT molecular complexity index is 467. The van der Waals surface area contributed by atoms with Gasteiger partial charge < -0.3 is 9.84 Å². The molecule has 2 nitrogen and oxygen atoms in total. The standard InChI is InChI=1S/C15H18F6O2/c1-3-8(2)23-12-6-9-4-10(12)5-11(9)7-13(22,14(16,17)18)15(19,20)21/h3,9-12,22H,1-2,4-7H2. The van der Waals surface area contributed by atoms with E-state index in [0.717, 1.165) is 0 Å². The second-order valence-electron chi connectivity index (χ2n) is 6.37. The average Bonchev–Trinajstić information content (AvgIpc) is 2.95. The zero-order valence-electron chi connectivity index (χ0n) is 12.3. The summed E-state index contributed by atoms with van der Waals surface area (Å²) >= 11 is 0. The van der Waals surface area contributed by atoms with Gasteiger partial charge in [0.15, 0.2) is 0 Å². The monoisotopic (exact) mass is 344 g/mol. The molecule has 0 aliphatic heterocycles. The molecule has 2 aliphatic carbocycles. The molecular weight excluding hydrogens is 326 g/mol. The van der Waals surface area contributed by atoms with Crippen LogP contribution in [0.2, 0.25) is 0 Å². The Balaban J connectivity index is 2.06. The van der Waals surface area contributed by atoms with E-state index in [1.807, 2.05) is 0 Å². The van der Waals surface area contributed by atoms with Crippen LogP contribution in [0, 0.1) is 17.8 Å². The smallest absolute Gasteiger partial charge is 0.426 e. The number of aliphatic hydroxyl groups is 1. The van der Waals surface area contributed by atoms with Crippen LogP contribution < -0.4 is 0 Å². The van der Waals surface area contributed by atoms with Gasteiger partial charge in [0.05, 0.1) is 0 Å². The van der Waals surface area contributed by atoms with Crippen LogP contribution in [0.4, 0.5) is 26.3 Å². The Morgan fingerprint density at radius 2 is 1.61 bits per heavy atom. The summed E-state index contributed by atoms with van der Waals surface area (Å²) in [5.41, 5.74) is -4.66. The molecule has 0 radical (unpaired) electrons. The predicted octanol–water partition coefficient (Wildman–Crippen LogP) is 4.36. The molecule has 4 atom stereocenters. The van der Waals surface area contributed by atoms with E-state index in [4.69, 9.17) is 4.74 Å². The number of hydrogen-bond acceptors (Lipinski definition) is 2. The van der Waals surface area contributed by atoms with Crippen molar-refractivity contribution in [3.8, 4) is 0 Å². The first-order valence-corrected chi connectivity index (χ1v) is 7.23. The molecule has 2 rings (SSSR count). The fourth-order valence-corrected chi connectivity index (χ4v) is 3.75. The SMILES string of the molecule is C=CC(=C)OC1CC2CC1CC2CC(O)(C(F)(F)F)C(F)(F)F. The fourth-order valence-electron chi connectivity index (χ4n) is 3.75. The number of allylic oxidation sites excluding steroid dienone is 1. The van der Waals surface area contributed by atoms with Crippen LogP contribution in [0.15, 0.2) is 25.0 Å². The van der Waals surface area contributed by atoms with Crippen molar-refractivity contribution >= 4 is 0 Å². The van der Waals surface area contributed by atoms with E-state index in [1.54, 1.807) is 0 Å². The van der Waals surface area contributed by atoms with Gasteiger partial charge in [-0.3, -0.25) is 0 Å². The lowest BCUT2D eigenvalue weighted by atomic mass is 9.79. The van der Waals surface area contributed by atoms with Crippen LogP contribution in [0.25, 0.3) is 0 Å². The van der Waals surface area contributed by atoms with Gasteiger partial charge in [0.2, 0.25) is 0 Å². The quantitative estimate of drug-likeness (QED) is 0.456. The van der Waals surface area contributed by atoms with Crippen molar-refractivity contribution in [1.29, 1.82) is 0 Å². The molecule has 0 aromatic carbocycles. The number of hydrogen-bond donors (Lipinski definition) is 1. The van der Waals surface area contributed by atoms with E-state index in [2.05, 4.69) is 13.2 Å². The molecule has 23 heavy (non-hydrogen) atoms. The zero-order chi connectivity index (χ0) is 17.6. The number of alkyl halides is 6. The Kier molecular flexibility index (Phi) is 4.52. The summed E-state index contributed by atoms with van der Waals surface area (Å²) in [5, 5.41) is 9.31. The molecule has 0 amide bonds. The van der Waals surface area contributed by atoms with E-state index in [-0.39, 0.29) is 24.4 Å². The topological polar surface area (TPSA) is 29.5 Å². The molecule has 0 aromatic heterocycles. The normalized spacial score (nSPS) is 31.3. The molecular formula is C15H18F6O2. The molecule has 0 saturated heterocycles. The summed E-state index contributed by atoms with van der Waals surface area (Å²) in [5.74, 6) is -0.933. The maximum Gasteiger partial charge on any atom is 0.426 e. The van der Waals surface area contributed by atoms with Crippen molar-refractivity contribution in [1.82, 2.24) is 0 Å². The summed E-state index contributed by atoms with van der Waals surface area (Å²) < 4.78 is 82.1. The highest BCUT2D eigenvalue weighted by Gasteiger charge is 2.71. The maximum atomic E-state index is 12.8. The molecule has 0 aromatic rings. The molecule has 2 fully saturated rings. The molecule has 2 bridgehead atoms. The highest BCUT2D eigenvalue weighted by Crippen LogP contribution is 2.56. The Labute approximate surface area is 129 Å². The van der Waals surface area contributed by atoms with Crippen molar-refractivity contribution in [2.75, 3.05) is 0 Å². The van der Waals surface area contributed by atoms with Gasteiger partial charge in [-0.15, -0.1) is 0 Å². The Morgan fingerprint density at radius 3 is 2.00 bits per heavy atom. The van der Waals surface area contributed by atoms with Gasteiger partial charge in [-0.1, -0.05) is 13.2 Å². The molecule has 2 saturated carbocycles. The first kappa shape index (κ1) is 18.2. The fraction of sp³-hybridized carbons (Fsp3) is 0.733. The van der Waals surface area contributed by atoms with Gasteiger partial charge in [0, 0.05) is 0 Å². The molecule has 2 aliphatic rings. The molecule has 0 heterocycles. The van der Waals surface area contributed by atoms with E-state index in [0.29, 0.717) is 18.6 Å². The molecule has 8 heteroatoms. The number of halogens is 6. The molecule has 4 unspecified atom stereocenters. The van der Waals surface area contributed by atoms with Crippen LogP contribution in [-0.2, 0) is 4.74 Å². The van der Waals surface area contributed by atoms with Gasteiger partial charge in [0.25, 0.3) is 5.60 Å². The minimum absolute atomic E-state index is 0.118. The van der Waals surface area contributed by atoms with Gasteiger partial charge in [-0.25, -0.2) is 0 Å². The van der Waals surface area contributed by atoms with E-state index >= 15 is 0 Å². The highest BCUT2D eigenvalue weighted by atomic mass is 19.4. The van der Waals surface area contributed by atoms with Crippen LogP contribution >= 0.6 is 0 Å². The van der Waals surface area contributed by atoms with Crippen molar-refractivity contribution < 1.29 is 36.2 Å². The number of ether oxygens (including phenoxy) is 1. The Hall–Kier alpha value is -1.18. The van der Waals surface area contributed by atoms with Gasteiger partial charge >= 0.3 is 12.4 Å². The third-order valence-corrected chi connectivity index (χ3v) is 4.96. The van der Waals surface area contributed by atoms with Crippen LogP contribution in [0.5, 0.6) is 0 Å². The molecule has 132 valence electrons. The number of fused-ring (bicyclic) bond motifs is 2. The van der Waals surface area contributed by atoms with Crippen LogP contribution in [0.3, 0.4) is 0 Å². The first-order valence-electron chi connectivity index (χ1n) is 7.23. The minimum atomic E-state index is -5.75. The summed E-state index contributed by atoms with van der Waals surface area (Å²) in [7, 11) is 0. The van der Waals surface area contributed by atoms with Crippen LogP contribution in [-0.4, -0.2) is 29.2 Å². The first-order chi connectivity index (χ1) is 10.4. The largest absolute Gasteiger partial charge is 0.491 e. The lowest BCUT2D eigenvalue weighted by molar-refractivity contribution is -0.373. The van der Waals surface area contributed by atoms with Gasteiger partial charge in [-0.05, 0) is 49.5 Å². The van der Waals surface area contributed by atoms with Gasteiger partial charge in [0.1, 0.15) is 11.9 Å². The van der Waals surface area contributed by atoms with E-state index < -0.39 is 30.3 Å². The van der Waals surface area contributed by atoms with Gasteiger partial charge in [-0.2, -0.15) is 26.3 Å². The summed E-state index contributed by atoms with van der Waals surface area (Å²) in [6.07, 6.45) is -10.7. The van der Waals surface area contributed by atoms with Crippen molar-refractivity contribution in [2.45, 2.75) is 49.7 Å². The number of rotatable bonds is 5. The van der Waals surface area contributed by atoms with Crippen molar-refractivity contribution in [3.05, 3.63) is 25.0 Å². The lowest BCUT2D eigenvalue weighted by Gasteiger charge is -2.37. The minimum Gasteiger partial charge on any atom is -0.491 e. The lowest BCUT2D eigenvalue weighted by Crippen LogP contribution is -2.58. The summed E-state index contributed by atoms with van der Waals surface area (Å²) in [6, 6.07) is 0. The second kappa shape index (κ2) is 5.72. The second-order valence-corrected chi connectivity index (χ2v) is 6.37. The third-order valence-electron chi connectivity index (χ3n) is 4.96. The van der Waals surface area contributed by atoms with E-state index in [9.17, 15) is 31.4 Å². The summed E-state index contributed by atoms with van der Waals surface area (Å²) in [4.78, 5) is 0. The molecule has 0 spiro atoms. The average molecular weight is 344 g/mol. The van der Waals surface area contributed by atoms with Crippen molar-refractivity contribution in [3.63, 3.8) is 0 Å².